The molecule has 1 atom stereocenters. The SMILES string of the molecule is COCc1cc(NC(=O)C2CC23CC3)cc(C(=O)O)c1. The minimum atomic E-state index is -1.01. The summed E-state index contributed by atoms with van der Waals surface area (Å²) in [6, 6.07) is 4.80. The van der Waals surface area contributed by atoms with Crippen LogP contribution in [-0.4, -0.2) is 24.1 Å². The Morgan fingerprint density at radius 3 is 2.70 bits per heavy atom. The Bertz CT molecular complexity index is 577. The second-order valence-corrected chi connectivity index (χ2v) is 5.77. The van der Waals surface area contributed by atoms with Crippen molar-refractivity contribution in [3.8, 4) is 0 Å². The molecule has 0 saturated heterocycles. The van der Waals surface area contributed by atoms with Crippen LogP contribution in [0.5, 0.6) is 0 Å². The molecule has 106 valence electrons. The van der Waals surface area contributed by atoms with Gasteiger partial charge in [0.2, 0.25) is 5.91 Å². The third-order valence-electron chi connectivity index (χ3n) is 4.22. The summed E-state index contributed by atoms with van der Waals surface area (Å²) >= 11 is 0. The number of rotatable bonds is 5. The Hall–Kier alpha value is -1.88. The zero-order valence-corrected chi connectivity index (χ0v) is 11.3. The van der Waals surface area contributed by atoms with Crippen LogP contribution in [0.15, 0.2) is 18.2 Å². The van der Waals surface area contributed by atoms with Gasteiger partial charge in [-0.25, -0.2) is 4.79 Å². The number of carboxylic acid groups (broad SMARTS) is 1. The summed E-state index contributed by atoms with van der Waals surface area (Å²) in [6.07, 6.45) is 3.27. The first-order valence-electron chi connectivity index (χ1n) is 6.71. The number of carboxylic acids is 1. The van der Waals surface area contributed by atoms with Crippen molar-refractivity contribution < 1.29 is 19.4 Å². The highest BCUT2D eigenvalue weighted by Gasteiger charge is 2.65. The van der Waals surface area contributed by atoms with Crippen LogP contribution in [0, 0.1) is 11.3 Å². The third kappa shape index (κ3) is 2.41. The molecule has 20 heavy (non-hydrogen) atoms. The molecule has 0 radical (unpaired) electrons. The van der Waals surface area contributed by atoms with E-state index in [1.165, 1.54) is 6.07 Å². The number of amides is 1. The Kier molecular flexibility index (Phi) is 3.01. The summed E-state index contributed by atoms with van der Waals surface area (Å²) in [7, 11) is 1.55. The van der Waals surface area contributed by atoms with Gasteiger partial charge in [-0.2, -0.15) is 0 Å². The standard InChI is InChI=1S/C15H17NO4/c1-20-8-9-4-10(14(18)19)6-11(5-9)16-13(17)12-7-15(12)2-3-15/h4-6,12H,2-3,7-8H2,1H3,(H,16,17)(H,18,19). The molecule has 2 N–H and O–H groups in total. The molecule has 2 fully saturated rings. The van der Waals surface area contributed by atoms with Crippen molar-refractivity contribution in [1.82, 2.24) is 0 Å². The largest absolute Gasteiger partial charge is 0.478 e. The van der Waals surface area contributed by atoms with Crippen LogP contribution < -0.4 is 5.32 Å². The molecule has 0 aromatic heterocycles. The average Bonchev–Trinajstić information content (AvgIpc) is 3.30. The van der Waals surface area contributed by atoms with Crippen molar-refractivity contribution >= 4 is 17.6 Å². The van der Waals surface area contributed by atoms with E-state index in [2.05, 4.69) is 5.32 Å². The fourth-order valence-electron chi connectivity index (χ4n) is 2.80. The predicted molar refractivity (Wildman–Crippen MR) is 72.5 cm³/mol. The molecule has 1 spiro atoms. The van der Waals surface area contributed by atoms with Crippen molar-refractivity contribution in [1.29, 1.82) is 0 Å². The summed E-state index contributed by atoms with van der Waals surface area (Å²) < 4.78 is 5.02. The van der Waals surface area contributed by atoms with E-state index in [1.807, 2.05) is 0 Å². The molecule has 5 heteroatoms. The number of ether oxygens (including phenoxy) is 1. The smallest absolute Gasteiger partial charge is 0.335 e. The van der Waals surface area contributed by atoms with Crippen LogP contribution in [0.1, 0.15) is 35.2 Å². The molecule has 5 nitrogen and oxygen atoms in total. The van der Waals surface area contributed by atoms with Gasteiger partial charge < -0.3 is 15.2 Å². The van der Waals surface area contributed by atoms with Gasteiger partial charge in [0.1, 0.15) is 0 Å². The van der Waals surface area contributed by atoms with E-state index < -0.39 is 5.97 Å². The molecule has 2 saturated carbocycles. The number of hydrogen-bond acceptors (Lipinski definition) is 3. The number of hydrogen-bond donors (Lipinski definition) is 2. The lowest BCUT2D eigenvalue weighted by atomic mass is 10.1. The molecule has 1 aromatic carbocycles. The number of carbonyl (C=O) groups excluding carboxylic acids is 1. The number of aromatic carboxylic acids is 1. The van der Waals surface area contributed by atoms with Crippen LogP contribution in [0.2, 0.25) is 0 Å². The lowest BCUT2D eigenvalue weighted by Crippen LogP contribution is -2.15. The summed E-state index contributed by atoms with van der Waals surface area (Å²) in [4.78, 5) is 23.2. The highest BCUT2D eigenvalue weighted by atomic mass is 16.5. The van der Waals surface area contributed by atoms with Gasteiger partial charge in [0.05, 0.1) is 12.2 Å². The minimum absolute atomic E-state index is 0.00778. The van der Waals surface area contributed by atoms with E-state index in [-0.39, 0.29) is 17.4 Å². The van der Waals surface area contributed by atoms with E-state index in [1.54, 1.807) is 19.2 Å². The summed E-state index contributed by atoms with van der Waals surface area (Å²) in [5, 5.41) is 11.9. The average molecular weight is 275 g/mol. The van der Waals surface area contributed by atoms with Gasteiger partial charge in [-0.05, 0) is 48.4 Å². The minimum Gasteiger partial charge on any atom is -0.478 e. The molecule has 0 aliphatic heterocycles. The maximum absolute atomic E-state index is 12.1. The Balaban J connectivity index is 1.77. The highest BCUT2D eigenvalue weighted by Crippen LogP contribution is 2.70. The van der Waals surface area contributed by atoms with E-state index in [9.17, 15) is 9.59 Å². The van der Waals surface area contributed by atoms with E-state index in [4.69, 9.17) is 9.84 Å². The van der Waals surface area contributed by atoms with Crippen molar-refractivity contribution in [3.05, 3.63) is 29.3 Å². The van der Waals surface area contributed by atoms with Crippen LogP contribution in [0.4, 0.5) is 5.69 Å². The zero-order chi connectivity index (χ0) is 14.3. The fraction of sp³-hybridized carbons (Fsp3) is 0.467. The monoisotopic (exact) mass is 275 g/mol. The maximum Gasteiger partial charge on any atom is 0.335 e. The zero-order valence-electron chi connectivity index (χ0n) is 11.3. The molecule has 3 rings (SSSR count). The molecular formula is C15H17NO4. The van der Waals surface area contributed by atoms with E-state index in [0.717, 1.165) is 24.8 Å². The number of nitrogens with one attached hydrogen (secondary N) is 1. The molecule has 0 bridgehead atoms. The first-order chi connectivity index (χ1) is 9.54. The normalized spacial score (nSPS) is 21.6. The molecule has 1 amide bonds. The molecule has 1 aromatic rings. The topological polar surface area (TPSA) is 75.6 Å². The molecule has 1 unspecified atom stereocenters. The summed E-state index contributed by atoms with van der Waals surface area (Å²) in [6.45, 7) is 0.317. The number of anilines is 1. The van der Waals surface area contributed by atoms with Crippen LogP contribution in [-0.2, 0) is 16.1 Å². The number of carbonyl (C=O) groups is 2. The predicted octanol–water partition coefficient (Wildman–Crippen LogP) is 2.27. The van der Waals surface area contributed by atoms with E-state index >= 15 is 0 Å². The maximum atomic E-state index is 12.1. The van der Waals surface area contributed by atoms with Crippen LogP contribution in [0.3, 0.4) is 0 Å². The van der Waals surface area contributed by atoms with Gasteiger partial charge in [-0.1, -0.05) is 0 Å². The Morgan fingerprint density at radius 2 is 2.15 bits per heavy atom. The quantitative estimate of drug-likeness (QED) is 0.864. The van der Waals surface area contributed by atoms with Crippen molar-refractivity contribution in [2.24, 2.45) is 11.3 Å². The van der Waals surface area contributed by atoms with Crippen molar-refractivity contribution in [2.75, 3.05) is 12.4 Å². The molecule has 2 aliphatic rings. The van der Waals surface area contributed by atoms with Gasteiger partial charge in [0.15, 0.2) is 0 Å². The number of benzene rings is 1. The van der Waals surface area contributed by atoms with Crippen LogP contribution >= 0.6 is 0 Å². The summed E-state index contributed by atoms with van der Waals surface area (Å²) in [5.74, 6) is -0.890. The van der Waals surface area contributed by atoms with Gasteiger partial charge in [-0.3, -0.25) is 4.79 Å². The first-order valence-corrected chi connectivity index (χ1v) is 6.71. The third-order valence-corrected chi connectivity index (χ3v) is 4.22. The molecular weight excluding hydrogens is 258 g/mol. The van der Waals surface area contributed by atoms with Crippen molar-refractivity contribution in [3.63, 3.8) is 0 Å². The second-order valence-electron chi connectivity index (χ2n) is 5.77. The van der Waals surface area contributed by atoms with E-state index in [0.29, 0.717) is 17.7 Å². The summed E-state index contributed by atoms with van der Waals surface area (Å²) in [5.41, 5.74) is 1.72. The Morgan fingerprint density at radius 1 is 1.40 bits per heavy atom. The van der Waals surface area contributed by atoms with Gasteiger partial charge in [0.25, 0.3) is 0 Å². The fourth-order valence-corrected chi connectivity index (χ4v) is 2.80. The van der Waals surface area contributed by atoms with Crippen molar-refractivity contribution in [2.45, 2.75) is 25.9 Å². The lowest BCUT2D eigenvalue weighted by Gasteiger charge is -2.09. The Labute approximate surface area is 116 Å². The van der Waals surface area contributed by atoms with Crippen LogP contribution in [0.25, 0.3) is 0 Å². The molecule has 2 aliphatic carbocycles. The second kappa shape index (κ2) is 4.59. The van der Waals surface area contributed by atoms with Gasteiger partial charge in [-0.15, -0.1) is 0 Å². The lowest BCUT2D eigenvalue weighted by molar-refractivity contribution is -0.117. The molecule has 0 heterocycles. The van der Waals surface area contributed by atoms with Gasteiger partial charge >= 0.3 is 5.97 Å². The first kappa shape index (κ1) is 13.1. The number of methoxy groups -OCH3 is 1. The highest BCUT2D eigenvalue weighted by molar-refractivity contribution is 5.97. The van der Waals surface area contributed by atoms with Gasteiger partial charge in [0, 0.05) is 18.7 Å².